The summed E-state index contributed by atoms with van der Waals surface area (Å²) in [5.41, 5.74) is 1.78. The van der Waals surface area contributed by atoms with Crippen molar-refractivity contribution in [3.8, 4) is 6.07 Å². The van der Waals surface area contributed by atoms with Crippen molar-refractivity contribution < 1.29 is 4.79 Å². The predicted molar refractivity (Wildman–Crippen MR) is 75.3 cm³/mol. The molecule has 1 aliphatic carbocycles. The highest BCUT2D eigenvalue weighted by molar-refractivity contribution is 7.98. The first-order valence-electron chi connectivity index (χ1n) is 6.36. The topological polar surface area (TPSA) is 65.8 Å². The molecule has 0 bridgehead atoms. The molecule has 0 radical (unpaired) electrons. The molecule has 0 unspecified atom stereocenters. The van der Waals surface area contributed by atoms with Gasteiger partial charge < -0.3 is 5.32 Å². The van der Waals surface area contributed by atoms with Gasteiger partial charge in [-0.1, -0.05) is 0 Å². The van der Waals surface area contributed by atoms with Gasteiger partial charge in [0.1, 0.15) is 11.1 Å². The van der Waals surface area contributed by atoms with E-state index in [1.54, 1.807) is 6.07 Å². The number of thioether (sulfide) groups is 1. The number of amides is 1. The van der Waals surface area contributed by atoms with Crippen LogP contribution in [0.5, 0.6) is 0 Å². The molecule has 1 aromatic heterocycles. The maximum Gasteiger partial charge on any atom is 0.252 e. The average Bonchev–Trinajstić information content (AvgIpc) is 3.20. The molecule has 100 valence electrons. The van der Waals surface area contributed by atoms with Gasteiger partial charge in [-0.3, -0.25) is 4.79 Å². The minimum Gasteiger partial charge on any atom is -0.350 e. The van der Waals surface area contributed by atoms with Crippen molar-refractivity contribution in [2.24, 2.45) is 0 Å². The smallest absolute Gasteiger partial charge is 0.252 e. The fraction of sp³-hybridized carbons (Fsp3) is 0.500. The van der Waals surface area contributed by atoms with Crippen LogP contribution in [-0.4, -0.2) is 23.2 Å². The van der Waals surface area contributed by atoms with Crippen molar-refractivity contribution >= 4 is 17.7 Å². The van der Waals surface area contributed by atoms with E-state index in [1.165, 1.54) is 11.8 Å². The van der Waals surface area contributed by atoms with Gasteiger partial charge in [0.05, 0.1) is 11.1 Å². The first-order chi connectivity index (χ1) is 9.06. The fourth-order valence-corrected chi connectivity index (χ4v) is 2.46. The molecule has 1 heterocycles. The summed E-state index contributed by atoms with van der Waals surface area (Å²) >= 11 is 1.42. The maximum atomic E-state index is 12.2. The molecule has 1 saturated carbocycles. The first-order valence-corrected chi connectivity index (χ1v) is 7.59. The Morgan fingerprint density at radius 2 is 2.26 bits per heavy atom. The number of carbonyl (C=O) groups is 1. The molecule has 0 aliphatic heterocycles. The van der Waals surface area contributed by atoms with E-state index in [4.69, 9.17) is 0 Å². The zero-order valence-electron chi connectivity index (χ0n) is 11.4. The van der Waals surface area contributed by atoms with Crippen LogP contribution in [0.1, 0.15) is 54.2 Å². The Labute approximate surface area is 117 Å². The second-order valence-corrected chi connectivity index (χ2v) is 5.79. The summed E-state index contributed by atoms with van der Waals surface area (Å²) in [7, 11) is 0. The number of hydrogen-bond donors (Lipinski definition) is 1. The first kappa shape index (κ1) is 13.9. The summed E-state index contributed by atoms with van der Waals surface area (Å²) in [5, 5.41) is 12.8. The van der Waals surface area contributed by atoms with Crippen LogP contribution in [-0.2, 0) is 0 Å². The van der Waals surface area contributed by atoms with Crippen LogP contribution in [0.2, 0.25) is 0 Å². The third kappa shape index (κ3) is 3.07. The largest absolute Gasteiger partial charge is 0.350 e. The average molecular weight is 275 g/mol. The Hall–Kier alpha value is -1.54. The highest BCUT2D eigenvalue weighted by Crippen LogP contribution is 2.40. The third-order valence-corrected chi connectivity index (χ3v) is 3.65. The minimum atomic E-state index is -0.189. The van der Waals surface area contributed by atoms with E-state index in [0.717, 1.165) is 18.5 Å². The molecular formula is C14H17N3OS. The van der Waals surface area contributed by atoms with Gasteiger partial charge in [0, 0.05) is 17.7 Å². The van der Waals surface area contributed by atoms with Gasteiger partial charge >= 0.3 is 0 Å². The molecule has 0 aromatic carbocycles. The zero-order valence-corrected chi connectivity index (χ0v) is 12.2. The van der Waals surface area contributed by atoms with Gasteiger partial charge in [-0.05, 0) is 39.0 Å². The number of hydrogen-bond acceptors (Lipinski definition) is 4. The highest BCUT2D eigenvalue weighted by Gasteiger charge is 2.28. The molecule has 1 fully saturated rings. The Morgan fingerprint density at radius 3 is 2.74 bits per heavy atom. The van der Waals surface area contributed by atoms with Crippen LogP contribution >= 0.6 is 11.8 Å². The van der Waals surface area contributed by atoms with Crippen molar-refractivity contribution in [3.05, 3.63) is 22.9 Å². The summed E-state index contributed by atoms with van der Waals surface area (Å²) < 4.78 is 0. The number of nitrogens with zero attached hydrogens (tertiary/aromatic N) is 2. The van der Waals surface area contributed by atoms with Crippen molar-refractivity contribution in [2.45, 2.75) is 43.7 Å². The van der Waals surface area contributed by atoms with E-state index in [-0.39, 0.29) is 11.9 Å². The normalized spacial score (nSPS) is 14.3. The lowest BCUT2D eigenvalue weighted by Crippen LogP contribution is -2.31. The van der Waals surface area contributed by atoms with E-state index >= 15 is 0 Å². The van der Waals surface area contributed by atoms with Gasteiger partial charge in [0.15, 0.2) is 0 Å². The van der Waals surface area contributed by atoms with Crippen molar-refractivity contribution in [1.82, 2.24) is 10.3 Å². The van der Waals surface area contributed by atoms with Crippen LogP contribution in [0.15, 0.2) is 11.1 Å². The minimum absolute atomic E-state index is 0.0503. The molecule has 1 amide bonds. The van der Waals surface area contributed by atoms with Gasteiger partial charge in [-0.2, -0.15) is 5.26 Å². The standard InChI is InChI=1S/C14H17N3OS/c1-8(2)16-13(18)10-6-12(9-4-5-9)17-14(19-3)11(10)7-15/h6,8-9H,4-5H2,1-3H3,(H,16,18). The Morgan fingerprint density at radius 1 is 1.58 bits per heavy atom. The predicted octanol–water partition coefficient (Wildman–Crippen LogP) is 2.69. The Balaban J connectivity index is 2.46. The monoisotopic (exact) mass is 275 g/mol. The molecule has 1 aromatic rings. The summed E-state index contributed by atoms with van der Waals surface area (Å²) in [4.78, 5) is 16.7. The lowest BCUT2D eigenvalue weighted by atomic mass is 10.1. The van der Waals surface area contributed by atoms with E-state index in [0.29, 0.717) is 22.1 Å². The van der Waals surface area contributed by atoms with E-state index in [1.807, 2.05) is 20.1 Å². The molecule has 1 N–H and O–H groups in total. The second-order valence-electron chi connectivity index (χ2n) is 4.99. The number of aromatic nitrogens is 1. The fourth-order valence-electron chi connectivity index (χ4n) is 1.90. The Kier molecular flexibility index (Phi) is 4.11. The molecule has 2 rings (SSSR count). The van der Waals surface area contributed by atoms with Crippen molar-refractivity contribution in [1.29, 1.82) is 5.26 Å². The maximum absolute atomic E-state index is 12.2. The highest BCUT2D eigenvalue weighted by atomic mass is 32.2. The molecule has 5 heteroatoms. The number of nitrogens with one attached hydrogen (secondary N) is 1. The quantitative estimate of drug-likeness (QED) is 0.858. The zero-order chi connectivity index (χ0) is 14.0. The van der Waals surface area contributed by atoms with Gasteiger partial charge in [0.2, 0.25) is 0 Å². The second kappa shape index (κ2) is 5.62. The van der Waals surface area contributed by atoms with Gasteiger partial charge in [0.25, 0.3) is 5.91 Å². The van der Waals surface area contributed by atoms with E-state index < -0.39 is 0 Å². The van der Waals surface area contributed by atoms with E-state index in [9.17, 15) is 10.1 Å². The number of rotatable bonds is 4. The molecule has 0 spiro atoms. The summed E-state index contributed by atoms with van der Waals surface area (Å²) in [6.45, 7) is 3.81. The number of nitriles is 1. The van der Waals surface area contributed by atoms with Gasteiger partial charge in [-0.15, -0.1) is 11.8 Å². The summed E-state index contributed by atoms with van der Waals surface area (Å²) in [5.74, 6) is 0.274. The van der Waals surface area contributed by atoms with Crippen LogP contribution in [0.4, 0.5) is 0 Å². The number of carbonyl (C=O) groups excluding carboxylic acids is 1. The van der Waals surface area contributed by atoms with Crippen LogP contribution in [0, 0.1) is 11.3 Å². The van der Waals surface area contributed by atoms with Crippen molar-refractivity contribution in [3.63, 3.8) is 0 Å². The SMILES string of the molecule is CSc1nc(C2CC2)cc(C(=O)NC(C)C)c1C#N. The molecule has 19 heavy (non-hydrogen) atoms. The lowest BCUT2D eigenvalue weighted by Gasteiger charge is -2.12. The third-order valence-electron chi connectivity index (χ3n) is 2.97. The summed E-state index contributed by atoms with van der Waals surface area (Å²) in [6, 6.07) is 3.95. The molecular weight excluding hydrogens is 258 g/mol. The number of pyridine rings is 1. The Bertz CT molecular complexity index is 544. The van der Waals surface area contributed by atoms with Crippen molar-refractivity contribution in [2.75, 3.05) is 6.26 Å². The molecule has 1 aliphatic rings. The van der Waals surface area contributed by atoms with Gasteiger partial charge in [-0.25, -0.2) is 4.98 Å². The lowest BCUT2D eigenvalue weighted by molar-refractivity contribution is 0.0942. The molecule has 0 atom stereocenters. The van der Waals surface area contributed by atoms with Crippen LogP contribution < -0.4 is 5.32 Å². The van der Waals surface area contributed by atoms with Crippen LogP contribution in [0.25, 0.3) is 0 Å². The molecule has 4 nitrogen and oxygen atoms in total. The van der Waals surface area contributed by atoms with E-state index in [2.05, 4.69) is 16.4 Å². The summed E-state index contributed by atoms with van der Waals surface area (Å²) in [6.07, 6.45) is 4.12. The van der Waals surface area contributed by atoms with Crippen LogP contribution in [0.3, 0.4) is 0 Å². The molecule has 0 saturated heterocycles.